The summed E-state index contributed by atoms with van der Waals surface area (Å²) in [4.78, 5) is 0. The molecule has 0 atom stereocenters. The van der Waals surface area contributed by atoms with E-state index in [-0.39, 0.29) is 6.61 Å². The van der Waals surface area contributed by atoms with E-state index in [9.17, 15) is 8.78 Å². The monoisotopic (exact) mass is 216 g/mol. The first-order valence-electron chi connectivity index (χ1n) is 5.00. The van der Waals surface area contributed by atoms with Crippen LogP contribution in [-0.4, -0.2) is 15.9 Å². The minimum atomic E-state index is -3.08. The third kappa shape index (κ3) is 2.75. The predicted octanol–water partition coefficient (Wildman–Crippen LogP) is 2.43. The molecule has 15 heavy (non-hydrogen) atoms. The summed E-state index contributed by atoms with van der Waals surface area (Å²) in [7, 11) is 1.75. The summed E-state index contributed by atoms with van der Waals surface area (Å²) in [6, 6.07) is 1.85. The molecule has 0 unspecified atom stereocenters. The van der Waals surface area contributed by atoms with Gasteiger partial charge in [0.25, 0.3) is 0 Å². The molecule has 0 N–H and O–H groups in total. The zero-order valence-corrected chi connectivity index (χ0v) is 8.83. The van der Waals surface area contributed by atoms with Crippen LogP contribution in [0.2, 0.25) is 0 Å². The Morgan fingerprint density at radius 1 is 1.60 bits per heavy atom. The predicted molar refractivity (Wildman–Crippen MR) is 50.6 cm³/mol. The average Bonchev–Trinajstić information content (AvgIpc) is 2.87. The molecular weight excluding hydrogens is 202 g/mol. The highest BCUT2D eigenvalue weighted by molar-refractivity contribution is 5.18. The Labute approximate surface area is 87.0 Å². The van der Waals surface area contributed by atoms with Crippen molar-refractivity contribution in [1.29, 1.82) is 0 Å². The molecule has 0 saturated heterocycles. The molecule has 1 aromatic rings. The van der Waals surface area contributed by atoms with Gasteiger partial charge in [0.2, 0.25) is 0 Å². The molecule has 0 radical (unpaired) electrons. The molecule has 3 nitrogen and oxygen atoms in total. The van der Waals surface area contributed by atoms with E-state index in [0.717, 1.165) is 25.5 Å². The van der Waals surface area contributed by atoms with Gasteiger partial charge in [0.15, 0.2) is 0 Å². The third-order valence-electron chi connectivity index (χ3n) is 2.46. The summed E-state index contributed by atoms with van der Waals surface area (Å²) in [6.45, 7) is 0.644. The molecule has 0 spiro atoms. The van der Waals surface area contributed by atoms with Gasteiger partial charge in [-0.3, -0.25) is 4.68 Å². The molecule has 0 aliphatic heterocycles. The molecule has 1 heterocycles. The van der Waals surface area contributed by atoms with E-state index in [1.54, 1.807) is 11.7 Å². The lowest BCUT2D eigenvalue weighted by Crippen LogP contribution is -2.16. The maximum atomic E-state index is 12.5. The number of aryl methyl sites for hydroxylation is 1. The number of hydrogen-bond donors (Lipinski definition) is 0. The molecule has 0 amide bonds. The number of nitrogens with zero attached hydrogens (tertiary/aromatic N) is 2. The molecule has 1 aromatic heterocycles. The van der Waals surface area contributed by atoms with Crippen molar-refractivity contribution in [3.05, 3.63) is 17.5 Å². The minimum absolute atomic E-state index is 0.0975. The lowest BCUT2D eigenvalue weighted by atomic mass is 10.3. The number of rotatable bonds is 4. The lowest BCUT2D eigenvalue weighted by molar-refractivity contribution is -0.232. The maximum absolute atomic E-state index is 12.5. The zero-order chi connectivity index (χ0) is 11.1. The van der Waals surface area contributed by atoms with Gasteiger partial charge in [-0.1, -0.05) is 0 Å². The van der Waals surface area contributed by atoms with Crippen molar-refractivity contribution in [2.75, 3.05) is 0 Å². The van der Waals surface area contributed by atoms with Gasteiger partial charge in [-0.05, 0) is 18.9 Å². The molecule has 1 aliphatic carbocycles. The van der Waals surface area contributed by atoms with Crippen LogP contribution in [-0.2, 0) is 18.4 Å². The molecule has 1 fully saturated rings. The smallest absolute Gasteiger partial charge is 0.314 e. The fourth-order valence-corrected chi connectivity index (χ4v) is 1.44. The van der Waals surface area contributed by atoms with Gasteiger partial charge in [-0.25, -0.2) is 0 Å². The number of halogens is 2. The zero-order valence-electron chi connectivity index (χ0n) is 8.83. The van der Waals surface area contributed by atoms with E-state index in [1.807, 2.05) is 6.07 Å². The van der Waals surface area contributed by atoms with Crippen LogP contribution in [0.25, 0.3) is 0 Å². The van der Waals surface area contributed by atoms with Crippen LogP contribution in [0.3, 0.4) is 0 Å². The third-order valence-corrected chi connectivity index (χ3v) is 2.46. The number of hydrogen-bond acceptors (Lipinski definition) is 2. The van der Waals surface area contributed by atoms with Gasteiger partial charge >= 0.3 is 6.11 Å². The summed E-state index contributed by atoms with van der Waals surface area (Å²) in [5.74, 6) is 0.534. The fourth-order valence-electron chi connectivity index (χ4n) is 1.44. The van der Waals surface area contributed by atoms with Crippen LogP contribution < -0.4 is 0 Å². The van der Waals surface area contributed by atoms with Crippen molar-refractivity contribution >= 4 is 0 Å². The molecule has 0 bridgehead atoms. The SMILES string of the molecule is Cn1nc(C2CC2)cc1COC(C)(F)F. The largest absolute Gasteiger partial charge is 0.353 e. The summed E-state index contributed by atoms with van der Waals surface area (Å²) < 4.78 is 31.0. The molecular formula is C10H14F2N2O. The normalized spacial score (nSPS) is 17.1. The van der Waals surface area contributed by atoms with Gasteiger partial charge in [-0.2, -0.15) is 13.9 Å². The van der Waals surface area contributed by atoms with E-state index in [1.165, 1.54) is 0 Å². The first-order valence-corrected chi connectivity index (χ1v) is 5.00. The Hall–Kier alpha value is -0.970. The van der Waals surface area contributed by atoms with Crippen molar-refractivity contribution in [2.24, 2.45) is 7.05 Å². The van der Waals surface area contributed by atoms with Gasteiger partial charge in [-0.15, -0.1) is 0 Å². The van der Waals surface area contributed by atoms with Crippen molar-refractivity contribution in [1.82, 2.24) is 9.78 Å². The number of ether oxygens (including phenoxy) is 1. The fraction of sp³-hybridized carbons (Fsp3) is 0.700. The Kier molecular flexibility index (Phi) is 2.50. The van der Waals surface area contributed by atoms with Crippen molar-refractivity contribution < 1.29 is 13.5 Å². The Morgan fingerprint density at radius 2 is 2.27 bits per heavy atom. The van der Waals surface area contributed by atoms with E-state index < -0.39 is 6.11 Å². The molecule has 2 rings (SSSR count). The van der Waals surface area contributed by atoms with Gasteiger partial charge in [0, 0.05) is 19.9 Å². The standard InChI is InChI=1S/C10H14F2N2O/c1-10(11,12)15-6-8-5-9(7-3-4-7)13-14(8)2/h5,7H,3-4,6H2,1-2H3. The van der Waals surface area contributed by atoms with Crippen molar-refractivity contribution in [2.45, 2.75) is 38.4 Å². The second-order valence-corrected chi connectivity index (χ2v) is 4.05. The van der Waals surface area contributed by atoms with E-state index in [0.29, 0.717) is 11.6 Å². The molecule has 1 aliphatic rings. The highest BCUT2D eigenvalue weighted by Gasteiger charge is 2.28. The number of alkyl halides is 2. The quantitative estimate of drug-likeness (QED) is 0.772. The van der Waals surface area contributed by atoms with Crippen LogP contribution >= 0.6 is 0 Å². The van der Waals surface area contributed by atoms with Crippen LogP contribution in [0.15, 0.2) is 6.07 Å². The molecule has 1 saturated carbocycles. The van der Waals surface area contributed by atoms with Gasteiger partial charge < -0.3 is 4.74 Å². The Morgan fingerprint density at radius 3 is 2.80 bits per heavy atom. The first-order chi connectivity index (χ1) is 6.96. The summed E-state index contributed by atoms with van der Waals surface area (Å²) in [6.07, 6.45) is -0.771. The molecule has 0 aromatic carbocycles. The van der Waals surface area contributed by atoms with E-state index >= 15 is 0 Å². The number of aromatic nitrogens is 2. The van der Waals surface area contributed by atoms with Crippen LogP contribution in [0.5, 0.6) is 0 Å². The van der Waals surface area contributed by atoms with E-state index in [2.05, 4.69) is 9.84 Å². The average molecular weight is 216 g/mol. The van der Waals surface area contributed by atoms with E-state index in [4.69, 9.17) is 0 Å². The van der Waals surface area contributed by atoms with Gasteiger partial charge in [0.05, 0.1) is 18.0 Å². The molecule has 84 valence electrons. The second-order valence-electron chi connectivity index (χ2n) is 4.05. The topological polar surface area (TPSA) is 27.1 Å². The van der Waals surface area contributed by atoms with Crippen LogP contribution in [0, 0.1) is 0 Å². The Balaban J connectivity index is 2.01. The summed E-state index contributed by atoms with van der Waals surface area (Å²) in [5.41, 5.74) is 1.69. The first kappa shape index (κ1) is 10.5. The minimum Gasteiger partial charge on any atom is -0.314 e. The highest BCUT2D eigenvalue weighted by Crippen LogP contribution is 2.39. The van der Waals surface area contributed by atoms with Crippen LogP contribution in [0.4, 0.5) is 8.78 Å². The van der Waals surface area contributed by atoms with Crippen molar-refractivity contribution in [3.8, 4) is 0 Å². The van der Waals surface area contributed by atoms with Crippen molar-refractivity contribution in [3.63, 3.8) is 0 Å². The highest BCUT2D eigenvalue weighted by atomic mass is 19.3. The Bertz CT molecular complexity index is 353. The summed E-state index contributed by atoms with van der Waals surface area (Å²) >= 11 is 0. The van der Waals surface area contributed by atoms with Gasteiger partial charge in [0.1, 0.15) is 0 Å². The molecule has 5 heteroatoms. The van der Waals surface area contributed by atoms with Crippen LogP contribution in [0.1, 0.15) is 37.1 Å². The second kappa shape index (κ2) is 3.56. The summed E-state index contributed by atoms with van der Waals surface area (Å²) in [5, 5.41) is 4.27. The maximum Gasteiger partial charge on any atom is 0.353 e. The lowest BCUT2D eigenvalue weighted by Gasteiger charge is -2.10.